The molecule has 1 aromatic rings. The third kappa shape index (κ3) is 4.00. The molecule has 0 aliphatic carbocycles. The van der Waals surface area contributed by atoms with Crippen molar-refractivity contribution in [1.82, 2.24) is 4.72 Å². The van der Waals surface area contributed by atoms with E-state index in [0.717, 1.165) is 12.1 Å². The molecule has 106 valence electrons. The Labute approximate surface area is 126 Å². The third-order valence-corrected chi connectivity index (χ3v) is 5.00. The molecule has 1 rings (SSSR count). The van der Waals surface area contributed by atoms with Gasteiger partial charge < -0.3 is 5.73 Å². The highest BCUT2D eigenvalue weighted by Gasteiger charge is 2.22. The lowest BCUT2D eigenvalue weighted by Gasteiger charge is -2.12. The van der Waals surface area contributed by atoms with Gasteiger partial charge in [0.25, 0.3) is 0 Å². The van der Waals surface area contributed by atoms with E-state index in [1.807, 2.05) is 0 Å². The van der Waals surface area contributed by atoms with Gasteiger partial charge in [0.05, 0.1) is 15.0 Å². The predicted molar refractivity (Wildman–Crippen MR) is 77.6 cm³/mol. The maximum absolute atomic E-state index is 13.5. The Hall–Kier alpha value is -0.470. The summed E-state index contributed by atoms with van der Waals surface area (Å²) in [6.45, 7) is 1.66. The standard InChI is InChI=1S/C10H11Cl2FN2O2S2/c1-5(10(14)18)4-15-19(16,17)7-3-2-6(11)9(13)8(7)12/h2-3,5,15H,4H2,1H3,(H2,14,18). The molecular weight excluding hydrogens is 334 g/mol. The van der Waals surface area contributed by atoms with Gasteiger partial charge >= 0.3 is 0 Å². The molecular formula is C10H11Cl2FN2O2S2. The Bertz CT molecular complexity index is 608. The first-order valence-electron chi connectivity index (χ1n) is 5.09. The van der Waals surface area contributed by atoms with Crippen molar-refractivity contribution in [3.8, 4) is 0 Å². The molecule has 0 aliphatic heterocycles. The zero-order chi connectivity index (χ0) is 14.8. The van der Waals surface area contributed by atoms with E-state index in [9.17, 15) is 12.8 Å². The van der Waals surface area contributed by atoms with Gasteiger partial charge in [-0.2, -0.15) is 0 Å². The molecule has 1 atom stereocenters. The molecule has 0 saturated carbocycles. The SMILES string of the molecule is CC(CNS(=O)(=O)c1ccc(Cl)c(F)c1Cl)C(N)=S. The lowest BCUT2D eigenvalue weighted by Crippen LogP contribution is -2.33. The first-order valence-corrected chi connectivity index (χ1v) is 7.74. The smallest absolute Gasteiger partial charge is 0.242 e. The minimum Gasteiger partial charge on any atom is -0.393 e. The van der Waals surface area contributed by atoms with Crippen LogP contribution >= 0.6 is 35.4 Å². The van der Waals surface area contributed by atoms with Crippen LogP contribution in [0.5, 0.6) is 0 Å². The van der Waals surface area contributed by atoms with Gasteiger partial charge in [-0.05, 0) is 12.1 Å². The summed E-state index contributed by atoms with van der Waals surface area (Å²) in [5, 5.41) is -0.802. The van der Waals surface area contributed by atoms with E-state index in [-0.39, 0.29) is 27.4 Å². The first kappa shape index (κ1) is 16.6. The summed E-state index contributed by atoms with van der Waals surface area (Å²) in [5.41, 5.74) is 5.37. The summed E-state index contributed by atoms with van der Waals surface area (Å²) in [7, 11) is -3.95. The van der Waals surface area contributed by atoms with E-state index in [1.54, 1.807) is 6.92 Å². The molecule has 0 bridgehead atoms. The lowest BCUT2D eigenvalue weighted by atomic mass is 10.2. The van der Waals surface area contributed by atoms with E-state index in [1.165, 1.54) is 0 Å². The minimum absolute atomic E-state index is 0.00175. The zero-order valence-corrected chi connectivity index (χ0v) is 12.9. The van der Waals surface area contributed by atoms with Gasteiger partial charge in [0.2, 0.25) is 10.0 Å². The second-order valence-corrected chi connectivity index (χ2v) is 6.82. The monoisotopic (exact) mass is 344 g/mol. The second kappa shape index (κ2) is 6.32. The highest BCUT2D eigenvalue weighted by Crippen LogP contribution is 2.29. The number of halogens is 3. The first-order chi connectivity index (χ1) is 8.66. The Morgan fingerprint density at radius 3 is 2.63 bits per heavy atom. The highest BCUT2D eigenvalue weighted by atomic mass is 35.5. The highest BCUT2D eigenvalue weighted by molar-refractivity contribution is 7.89. The average Bonchev–Trinajstić information content (AvgIpc) is 2.32. The van der Waals surface area contributed by atoms with E-state index in [2.05, 4.69) is 4.72 Å². The van der Waals surface area contributed by atoms with E-state index < -0.39 is 20.9 Å². The van der Waals surface area contributed by atoms with Crippen molar-refractivity contribution in [3.05, 3.63) is 28.0 Å². The molecule has 0 amide bonds. The number of rotatable bonds is 5. The van der Waals surface area contributed by atoms with Gasteiger partial charge in [0.1, 0.15) is 4.90 Å². The van der Waals surface area contributed by atoms with E-state index in [4.69, 9.17) is 41.2 Å². The van der Waals surface area contributed by atoms with Crippen molar-refractivity contribution >= 4 is 50.4 Å². The normalized spacial score (nSPS) is 13.3. The van der Waals surface area contributed by atoms with Gasteiger partial charge in [-0.1, -0.05) is 42.3 Å². The fourth-order valence-electron chi connectivity index (χ4n) is 1.13. The van der Waals surface area contributed by atoms with Crippen LogP contribution in [0.15, 0.2) is 17.0 Å². The van der Waals surface area contributed by atoms with Gasteiger partial charge in [0, 0.05) is 12.5 Å². The minimum atomic E-state index is -3.95. The Balaban J connectivity index is 3.02. The molecule has 3 N–H and O–H groups in total. The maximum atomic E-state index is 13.5. The summed E-state index contributed by atoms with van der Waals surface area (Å²) in [5.74, 6) is -1.31. The molecule has 1 aromatic carbocycles. The number of benzene rings is 1. The van der Waals surface area contributed by atoms with Crippen LogP contribution in [-0.4, -0.2) is 20.0 Å². The quantitative estimate of drug-likeness (QED) is 0.635. The third-order valence-electron chi connectivity index (χ3n) is 2.35. The largest absolute Gasteiger partial charge is 0.393 e. The van der Waals surface area contributed by atoms with Crippen molar-refractivity contribution in [2.75, 3.05) is 6.54 Å². The van der Waals surface area contributed by atoms with Crippen molar-refractivity contribution in [2.45, 2.75) is 11.8 Å². The molecule has 0 radical (unpaired) electrons. The van der Waals surface area contributed by atoms with Crippen molar-refractivity contribution < 1.29 is 12.8 Å². The fourth-order valence-corrected chi connectivity index (χ4v) is 3.09. The molecule has 0 fully saturated rings. The lowest BCUT2D eigenvalue weighted by molar-refractivity contribution is 0.572. The second-order valence-electron chi connectivity index (χ2n) is 3.83. The molecule has 1 unspecified atom stereocenters. The number of thiocarbonyl (C=S) groups is 1. The van der Waals surface area contributed by atoms with Crippen molar-refractivity contribution in [1.29, 1.82) is 0 Å². The average molecular weight is 345 g/mol. The number of hydrogen-bond acceptors (Lipinski definition) is 3. The van der Waals surface area contributed by atoms with Crippen LogP contribution in [0.2, 0.25) is 10.0 Å². The summed E-state index contributed by atoms with van der Waals surface area (Å²) < 4.78 is 39.6. The fraction of sp³-hybridized carbons (Fsp3) is 0.300. The number of nitrogens with one attached hydrogen (secondary N) is 1. The summed E-state index contributed by atoms with van der Waals surface area (Å²) in [4.78, 5) is -0.206. The Morgan fingerprint density at radius 2 is 2.11 bits per heavy atom. The number of sulfonamides is 1. The van der Waals surface area contributed by atoms with Crippen LogP contribution < -0.4 is 10.5 Å². The van der Waals surface area contributed by atoms with Crippen LogP contribution in [0, 0.1) is 11.7 Å². The molecule has 0 aromatic heterocycles. The van der Waals surface area contributed by atoms with Crippen LogP contribution in [0.1, 0.15) is 6.92 Å². The predicted octanol–water partition coefficient (Wildman–Crippen LogP) is 2.33. The Kier molecular flexibility index (Phi) is 5.52. The van der Waals surface area contributed by atoms with Crippen LogP contribution in [0.4, 0.5) is 4.39 Å². The van der Waals surface area contributed by atoms with Crippen molar-refractivity contribution in [3.63, 3.8) is 0 Å². The van der Waals surface area contributed by atoms with E-state index >= 15 is 0 Å². The Morgan fingerprint density at radius 1 is 1.53 bits per heavy atom. The summed E-state index contributed by atoms with van der Waals surface area (Å²) >= 11 is 15.9. The maximum Gasteiger partial charge on any atom is 0.242 e. The van der Waals surface area contributed by atoms with Gasteiger partial charge in [-0.3, -0.25) is 0 Å². The van der Waals surface area contributed by atoms with Crippen LogP contribution in [0.25, 0.3) is 0 Å². The number of nitrogens with two attached hydrogens (primary N) is 1. The molecule has 4 nitrogen and oxygen atoms in total. The van der Waals surface area contributed by atoms with Gasteiger partial charge in [-0.15, -0.1) is 0 Å². The van der Waals surface area contributed by atoms with Gasteiger partial charge in [-0.25, -0.2) is 17.5 Å². The molecule has 0 heterocycles. The zero-order valence-electron chi connectivity index (χ0n) is 9.78. The molecule has 0 spiro atoms. The van der Waals surface area contributed by atoms with Crippen LogP contribution in [-0.2, 0) is 10.0 Å². The van der Waals surface area contributed by atoms with E-state index in [0.29, 0.717) is 0 Å². The number of hydrogen-bond donors (Lipinski definition) is 2. The van der Waals surface area contributed by atoms with Crippen molar-refractivity contribution in [2.24, 2.45) is 11.7 Å². The molecule has 19 heavy (non-hydrogen) atoms. The van der Waals surface area contributed by atoms with Gasteiger partial charge in [0.15, 0.2) is 5.82 Å². The molecule has 0 aliphatic rings. The summed E-state index contributed by atoms with van der Waals surface area (Å²) in [6, 6.07) is 2.25. The summed E-state index contributed by atoms with van der Waals surface area (Å²) in [6.07, 6.45) is 0. The molecule has 0 saturated heterocycles. The molecule has 9 heteroatoms. The topological polar surface area (TPSA) is 72.2 Å². The van der Waals surface area contributed by atoms with Crippen LogP contribution in [0.3, 0.4) is 0 Å².